The van der Waals surface area contributed by atoms with Crippen LogP contribution in [0.5, 0.6) is 0 Å². The molecule has 1 rings (SSSR count). The van der Waals surface area contributed by atoms with E-state index >= 15 is 0 Å². The molecule has 0 N–H and O–H groups in total. The molecule has 0 aliphatic rings. The molecule has 0 unspecified atom stereocenters. The fourth-order valence-corrected chi connectivity index (χ4v) is 1.74. The van der Waals surface area contributed by atoms with Crippen LogP contribution in [0.4, 0.5) is 0 Å². The molecule has 0 aliphatic carbocycles. The van der Waals surface area contributed by atoms with E-state index in [0.717, 1.165) is 4.47 Å². The van der Waals surface area contributed by atoms with Gasteiger partial charge >= 0.3 is 0 Å². The molecule has 41 valence electrons. The van der Waals surface area contributed by atoms with Crippen LogP contribution in [0, 0.1) is 9.64 Å². The van der Waals surface area contributed by atoms with Gasteiger partial charge in [0.05, 0.1) is 0 Å². The average Bonchev–Trinajstić information content (AvgIpc) is 1.64. The Kier molecular flexibility index (Phi) is 2.31. The summed E-state index contributed by atoms with van der Waals surface area (Å²) < 4.78 is 2.29. The highest BCUT2D eigenvalue weighted by Gasteiger charge is 1.84. The smallest absolute Gasteiger partial charge is 0.0191 e. The van der Waals surface area contributed by atoms with Gasteiger partial charge < -0.3 is 0 Å². The Morgan fingerprint density at radius 1 is 1.50 bits per heavy atom. The Labute approximate surface area is 70.6 Å². The van der Waals surface area contributed by atoms with Crippen molar-refractivity contribution in [2.24, 2.45) is 0 Å². The third-order valence-electron chi connectivity index (χ3n) is 0.718. The molecule has 0 spiro atoms. The Morgan fingerprint density at radius 3 is 2.62 bits per heavy atom. The van der Waals surface area contributed by atoms with Crippen molar-refractivity contribution in [1.82, 2.24) is 0 Å². The Morgan fingerprint density at radius 2 is 2.25 bits per heavy atom. The minimum Gasteiger partial charge on any atom is -0.0508 e. The summed E-state index contributed by atoms with van der Waals surface area (Å²) in [5.74, 6) is 0. The van der Waals surface area contributed by atoms with Crippen molar-refractivity contribution in [3.63, 3.8) is 0 Å². The maximum Gasteiger partial charge on any atom is 0.0191 e. The zero-order valence-electron chi connectivity index (χ0n) is 3.99. The molecule has 0 aromatic heterocycles. The number of hydrogen-bond acceptors (Lipinski definition) is 0. The van der Waals surface area contributed by atoms with Crippen molar-refractivity contribution in [1.29, 1.82) is 0 Å². The van der Waals surface area contributed by atoms with E-state index in [0.29, 0.717) is 0 Å². The number of benzene rings is 1. The van der Waals surface area contributed by atoms with Gasteiger partial charge in [0, 0.05) is 8.04 Å². The van der Waals surface area contributed by atoms with E-state index in [2.05, 4.69) is 44.6 Å². The van der Waals surface area contributed by atoms with Crippen LogP contribution in [0.25, 0.3) is 0 Å². The van der Waals surface area contributed by atoms with Crippen LogP contribution in [-0.2, 0) is 0 Å². The number of halogens is 2. The van der Waals surface area contributed by atoms with Crippen molar-refractivity contribution >= 4 is 38.5 Å². The summed E-state index contributed by atoms with van der Waals surface area (Å²) in [5.41, 5.74) is 0. The fourth-order valence-electron chi connectivity index (χ4n) is 0.416. The Hall–Kier alpha value is 0.430. The van der Waals surface area contributed by atoms with Gasteiger partial charge in [-0.2, -0.15) is 0 Å². The van der Waals surface area contributed by atoms with Crippen molar-refractivity contribution in [3.8, 4) is 0 Å². The van der Waals surface area contributed by atoms with E-state index in [1.165, 1.54) is 3.57 Å². The van der Waals surface area contributed by atoms with Gasteiger partial charge in [0.15, 0.2) is 0 Å². The summed E-state index contributed by atoms with van der Waals surface area (Å²) >= 11 is 5.57. The van der Waals surface area contributed by atoms with Crippen LogP contribution < -0.4 is 0 Å². The van der Waals surface area contributed by atoms with Crippen LogP contribution in [0.15, 0.2) is 22.7 Å². The Bertz CT molecular complexity index is 168. The molecule has 0 amide bonds. The van der Waals surface area contributed by atoms with Gasteiger partial charge in [-0.25, -0.2) is 0 Å². The lowest BCUT2D eigenvalue weighted by Gasteiger charge is -1.86. The highest BCUT2D eigenvalue weighted by Crippen LogP contribution is 2.11. The largest absolute Gasteiger partial charge is 0.0508 e. The van der Waals surface area contributed by atoms with E-state index in [4.69, 9.17) is 0 Å². The molecule has 0 saturated carbocycles. The van der Waals surface area contributed by atoms with Crippen LogP contribution in [-0.4, -0.2) is 0 Å². The zero-order valence-corrected chi connectivity index (χ0v) is 7.73. The molecule has 2 heteroatoms. The van der Waals surface area contributed by atoms with E-state index in [1.54, 1.807) is 0 Å². The average molecular weight is 282 g/mol. The van der Waals surface area contributed by atoms with E-state index in [1.807, 2.05) is 18.2 Å². The van der Waals surface area contributed by atoms with E-state index in [-0.39, 0.29) is 0 Å². The van der Waals surface area contributed by atoms with E-state index < -0.39 is 0 Å². The second kappa shape index (κ2) is 2.82. The van der Waals surface area contributed by atoms with Gasteiger partial charge in [-0.1, -0.05) is 15.9 Å². The fraction of sp³-hybridized carbons (Fsp3) is 0. The molecule has 0 fully saturated rings. The van der Waals surface area contributed by atoms with Gasteiger partial charge in [0.1, 0.15) is 0 Å². The molecular weight excluding hydrogens is 279 g/mol. The van der Waals surface area contributed by atoms with Crippen molar-refractivity contribution in [3.05, 3.63) is 32.3 Å². The third kappa shape index (κ3) is 1.74. The van der Waals surface area contributed by atoms with Gasteiger partial charge in [-0.05, 0) is 46.9 Å². The maximum absolute atomic E-state index is 3.33. The summed E-state index contributed by atoms with van der Waals surface area (Å²) in [6.45, 7) is 0. The summed E-state index contributed by atoms with van der Waals surface area (Å²) in [5, 5.41) is 0. The van der Waals surface area contributed by atoms with Gasteiger partial charge in [-0.3, -0.25) is 0 Å². The van der Waals surface area contributed by atoms with Crippen molar-refractivity contribution in [2.75, 3.05) is 0 Å². The lowest BCUT2D eigenvalue weighted by Crippen LogP contribution is -1.66. The quantitative estimate of drug-likeness (QED) is 0.642. The molecule has 0 aliphatic heterocycles. The maximum atomic E-state index is 3.33. The first-order chi connectivity index (χ1) is 3.79. The minimum absolute atomic E-state index is 1.09. The number of hydrogen-bond donors (Lipinski definition) is 0. The third-order valence-corrected chi connectivity index (χ3v) is 1.80. The van der Waals surface area contributed by atoms with Crippen LogP contribution >= 0.6 is 38.5 Å². The SMILES string of the molecule is Brc1c[c]cc(I)c1. The predicted molar refractivity (Wildman–Crippen MR) is 45.7 cm³/mol. The molecule has 0 atom stereocenters. The summed E-state index contributed by atoms with van der Waals surface area (Å²) in [6.07, 6.45) is 0. The summed E-state index contributed by atoms with van der Waals surface area (Å²) in [7, 11) is 0. The zero-order chi connectivity index (χ0) is 5.98. The lowest BCUT2D eigenvalue weighted by atomic mass is 10.4. The first kappa shape index (κ1) is 6.55. The number of rotatable bonds is 0. The van der Waals surface area contributed by atoms with Crippen LogP contribution in [0.1, 0.15) is 0 Å². The van der Waals surface area contributed by atoms with Gasteiger partial charge in [0.2, 0.25) is 0 Å². The highest BCUT2D eigenvalue weighted by atomic mass is 127. The molecular formula is C6H3BrI. The van der Waals surface area contributed by atoms with Crippen molar-refractivity contribution < 1.29 is 0 Å². The molecule has 0 bridgehead atoms. The minimum atomic E-state index is 1.09. The highest BCUT2D eigenvalue weighted by molar-refractivity contribution is 14.1. The predicted octanol–water partition coefficient (Wildman–Crippen LogP) is 2.85. The van der Waals surface area contributed by atoms with Crippen LogP contribution in [0.3, 0.4) is 0 Å². The molecule has 0 saturated heterocycles. The van der Waals surface area contributed by atoms with Crippen LogP contribution in [0.2, 0.25) is 0 Å². The molecule has 1 radical (unpaired) electrons. The second-order valence-electron chi connectivity index (χ2n) is 1.37. The van der Waals surface area contributed by atoms with Gasteiger partial charge in [-0.15, -0.1) is 0 Å². The first-order valence-electron chi connectivity index (χ1n) is 2.11. The standard InChI is InChI=1S/C6H3BrI/c7-5-2-1-3-6(8)4-5/h2-4H. The topological polar surface area (TPSA) is 0 Å². The molecule has 1 aromatic carbocycles. The first-order valence-corrected chi connectivity index (χ1v) is 3.98. The monoisotopic (exact) mass is 281 g/mol. The van der Waals surface area contributed by atoms with E-state index in [9.17, 15) is 0 Å². The lowest BCUT2D eigenvalue weighted by molar-refractivity contribution is 1.59. The van der Waals surface area contributed by atoms with Crippen molar-refractivity contribution in [2.45, 2.75) is 0 Å². The summed E-state index contributed by atoms with van der Waals surface area (Å²) in [4.78, 5) is 0. The molecule has 0 nitrogen and oxygen atoms in total. The summed E-state index contributed by atoms with van der Waals surface area (Å²) in [6, 6.07) is 8.84. The molecule has 1 aromatic rings. The second-order valence-corrected chi connectivity index (χ2v) is 3.53. The molecule has 8 heavy (non-hydrogen) atoms. The van der Waals surface area contributed by atoms with Gasteiger partial charge in [0.25, 0.3) is 0 Å². The Balaban J connectivity index is 3.08. The molecule has 0 heterocycles. The normalized spacial score (nSPS) is 9.25.